The van der Waals surface area contributed by atoms with Crippen LogP contribution in [-0.4, -0.2) is 10.9 Å². The van der Waals surface area contributed by atoms with Crippen molar-refractivity contribution in [1.29, 1.82) is 0 Å². The number of allylic oxidation sites excluding steroid dienone is 4. The zero-order chi connectivity index (χ0) is 20.9. The van der Waals surface area contributed by atoms with Crippen LogP contribution in [0.3, 0.4) is 0 Å². The monoisotopic (exact) mass is 384 g/mol. The summed E-state index contributed by atoms with van der Waals surface area (Å²) in [7, 11) is 0. The van der Waals surface area contributed by atoms with Crippen molar-refractivity contribution in [2.75, 3.05) is 0 Å². The van der Waals surface area contributed by atoms with Crippen molar-refractivity contribution in [1.82, 2.24) is 0 Å². The molecule has 29 heavy (non-hydrogen) atoms. The SMILES string of the molecule is C=C(c1ccc(C2=C(O)CCC2=O)cc1)c1cc2c(cc1C)C(C)(C)C=CC2C. The number of fused-ring (bicyclic) bond motifs is 1. The van der Waals surface area contributed by atoms with E-state index >= 15 is 0 Å². The van der Waals surface area contributed by atoms with Gasteiger partial charge >= 0.3 is 0 Å². The van der Waals surface area contributed by atoms with Crippen molar-refractivity contribution in [3.05, 3.63) is 94.3 Å². The number of carbonyl (C=O) groups is 1. The third-order valence-corrected chi connectivity index (χ3v) is 6.39. The molecule has 0 spiro atoms. The van der Waals surface area contributed by atoms with E-state index in [1.807, 2.05) is 24.3 Å². The summed E-state index contributed by atoms with van der Waals surface area (Å²) in [5.74, 6) is 0.608. The second kappa shape index (κ2) is 6.88. The number of ketones is 1. The van der Waals surface area contributed by atoms with Crippen LogP contribution in [0.15, 0.2) is 60.9 Å². The Morgan fingerprint density at radius 3 is 2.45 bits per heavy atom. The van der Waals surface area contributed by atoms with Gasteiger partial charge in [-0.2, -0.15) is 0 Å². The second-order valence-corrected chi connectivity index (χ2v) is 8.92. The van der Waals surface area contributed by atoms with Crippen molar-refractivity contribution >= 4 is 16.9 Å². The molecule has 4 rings (SSSR count). The van der Waals surface area contributed by atoms with E-state index in [1.54, 1.807) is 0 Å². The summed E-state index contributed by atoms with van der Waals surface area (Å²) in [5.41, 5.74) is 8.43. The van der Waals surface area contributed by atoms with Gasteiger partial charge in [-0.1, -0.05) is 69.8 Å². The van der Waals surface area contributed by atoms with Crippen LogP contribution in [0.1, 0.15) is 72.9 Å². The van der Waals surface area contributed by atoms with Gasteiger partial charge in [-0.25, -0.2) is 0 Å². The van der Waals surface area contributed by atoms with Crippen LogP contribution in [-0.2, 0) is 10.2 Å². The molecule has 1 N–H and O–H groups in total. The Morgan fingerprint density at radius 2 is 1.83 bits per heavy atom. The molecule has 0 aromatic heterocycles. The Labute approximate surface area is 173 Å². The van der Waals surface area contributed by atoms with Crippen molar-refractivity contribution in [2.45, 2.75) is 51.9 Å². The first kappa shape index (κ1) is 19.4. The molecular weight excluding hydrogens is 356 g/mol. The fraction of sp³-hybridized carbons (Fsp3) is 0.296. The summed E-state index contributed by atoms with van der Waals surface area (Å²) in [6.45, 7) is 13.3. The Kier molecular flexibility index (Phi) is 4.61. The molecule has 1 atom stereocenters. The molecule has 148 valence electrons. The van der Waals surface area contributed by atoms with Gasteiger partial charge in [-0.05, 0) is 57.9 Å². The molecule has 0 saturated heterocycles. The quantitative estimate of drug-likeness (QED) is 0.602. The lowest BCUT2D eigenvalue weighted by Gasteiger charge is -2.32. The number of rotatable bonds is 3. The zero-order valence-electron chi connectivity index (χ0n) is 17.7. The number of hydrogen-bond donors (Lipinski definition) is 1. The average molecular weight is 385 g/mol. The van der Waals surface area contributed by atoms with Crippen LogP contribution in [0, 0.1) is 6.92 Å². The summed E-state index contributed by atoms with van der Waals surface area (Å²) in [6.07, 6.45) is 5.44. The second-order valence-electron chi connectivity index (χ2n) is 8.92. The van der Waals surface area contributed by atoms with Gasteiger partial charge in [0, 0.05) is 18.3 Å². The maximum Gasteiger partial charge on any atom is 0.167 e. The van der Waals surface area contributed by atoms with Gasteiger partial charge in [0.15, 0.2) is 5.78 Å². The van der Waals surface area contributed by atoms with E-state index in [0.29, 0.717) is 24.3 Å². The van der Waals surface area contributed by atoms with Gasteiger partial charge in [0.1, 0.15) is 5.76 Å². The predicted octanol–water partition coefficient (Wildman–Crippen LogP) is 6.64. The topological polar surface area (TPSA) is 37.3 Å². The third-order valence-electron chi connectivity index (χ3n) is 6.39. The molecule has 0 aliphatic heterocycles. The normalized spacial score (nSPS) is 20.1. The summed E-state index contributed by atoms with van der Waals surface area (Å²) in [6, 6.07) is 12.4. The van der Waals surface area contributed by atoms with E-state index in [2.05, 4.69) is 58.6 Å². The predicted molar refractivity (Wildman–Crippen MR) is 120 cm³/mol. The fourth-order valence-electron chi connectivity index (χ4n) is 4.53. The number of hydrogen-bond acceptors (Lipinski definition) is 2. The minimum atomic E-state index is 0.0178. The van der Waals surface area contributed by atoms with Gasteiger partial charge in [-0.15, -0.1) is 0 Å². The number of carbonyl (C=O) groups excluding carboxylic acids is 1. The number of Topliss-reactive ketones (excluding diaryl/α,β-unsaturated/α-hetero) is 1. The lowest BCUT2D eigenvalue weighted by molar-refractivity contribution is -0.113. The van der Waals surface area contributed by atoms with Gasteiger partial charge in [0.25, 0.3) is 0 Å². The van der Waals surface area contributed by atoms with E-state index in [0.717, 1.165) is 22.3 Å². The largest absolute Gasteiger partial charge is 0.512 e. The highest BCUT2D eigenvalue weighted by atomic mass is 16.3. The molecule has 2 heteroatoms. The van der Waals surface area contributed by atoms with E-state index in [4.69, 9.17) is 0 Å². The van der Waals surface area contributed by atoms with Gasteiger partial charge in [0.05, 0.1) is 5.57 Å². The first-order valence-corrected chi connectivity index (χ1v) is 10.3. The van der Waals surface area contributed by atoms with Crippen LogP contribution in [0.5, 0.6) is 0 Å². The molecule has 2 aliphatic carbocycles. The molecule has 0 bridgehead atoms. The molecule has 2 aliphatic rings. The lowest BCUT2D eigenvalue weighted by Crippen LogP contribution is -2.21. The van der Waals surface area contributed by atoms with Crippen molar-refractivity contribution < 1.29 is 9.90 Å². The van der Waals surface area contributed by atoms with Crippen LogP contribution in [0.25, 0.3) is 11.1 Å². The lowest BCUT2D eigenvalue weighted by atomic mass is 9.72. The van der Waals surface area contributed by atoms with E-state index in [1.165, 1.54) is 16.7 Å². The van der Waals surface area contributed by atoms with E-state index < -0.39 is 0 Å². The molecule has 1 unspecified atom stereocenters. The third kappa shape index (κ3) is 3.27. The minimum absolute atomic E-state index is 0.0178. The van der Waals surface area contributed by atoms with Gasteiger partial charge < -0.3 is 5.11 Å². The maximum atomic E-state index is 12.0. The highest BCUT2D eigenvalue weighted by molar-refractivity contribution is 6.23. The molecule has 0 radical (unpaired) electrons. The number of aliphatic hydroxyl groups excluding tert-OH is 1. The Hall–Kier alpha value is -2.87. The Balaban J connectivity index is 1.70. The molecule has 0 heterocycles. The standard InChI is InChI=1S/C27H28O2/c1-16-12-13-27(4,5)23-14-17(2)21(15-22(16)23)18(3)19-6-8-20(9-7-19)26-24(28)10-11-25(26)29/h6-9,12-16,28H,3,10-11H2,1-2,4-5H3. The molecule has 0 amide bonds. The molecule has 2 aromatic carbocycles. The Morgan fingerprint density at radius 1 is 1.14 bits per heavy atom. The Bertz CT molecular complexity index is 1080. The van der Waals surface area contributed by atoms with Crippen molar-refractivity contribution in [3.8, 4) is 0 Å². The molecule has 2 nitrogen and oxygen atoms in total. The van der Waals surface area contributed by atoms with Crippen LogP contribution in [0.2, 0.25) is 0 Å². The van der Waals surface area contributed by atoms with Crippen LogP contribution in [0.4, 0.5) is 0 Å². The molecule has 2 aromatic rings. The summed E-state index contributed by atoms with van der Waals surface area (Å²) in [5, 5.41) is 10.0. The summed E-state index contributed by atoms with van der Waals surface area (Å²) < 4.78 is 0. The number of aryl methyl sites for hydroxylation is 1. The zero-order valence-corrected chi connectivity index (χ0v) is 17.7. The summed E-state index contributed by atoms with van der Waals surface area (Å²) >= 11 is 0. The average Bonchev–Trinajstić information content (AvgIpc) is 3.03. The first-order valence-electron chi connectivity index (χ1n) is 10.3. The van der Waals surface area contributed by atoms with Gasteiger partial charge in [0.2, 0.25) is 0 Å². The first-order chi connectivity index (χ1) is 13.7. The smallest absolute Gasteiger partial charge is 0.167 e. The summed E-state index contributed by atoms with van der Waals surface area (Å²) in [4.78, 5) is 12.0. The van der Waals surface area contributed by atoms with Crippen LogP contribution >= 0.6 is 0 Å². The molecule has 0 fully saturated rings. The van der Waals surface area contributed by atoms with E-state index in [-0.39, 0.29) is 17.0 Å². The molecule has 0 saturated carbocycles. The maximum absolute atomic E-state index is 12.0. The number of aliphatic hydroxyl groups is 1. The van der Waals surface area contributed by atoms with E-state index in [9.17, 15) is 9.90 Å². The highest BCUT2D eigenvalue weighted by Crippen LogP contribution is 2.41. The van der Waals surface area contributed by atoms with Gasteiger partial charge in [-0.3, -0.25) is 4.79 Å². The fourth-order valence-corrected chi connectivity index (χ4v) is 4.53. The number of benzene rings is 2. The molecular formula is C27H28O2. The van der Waals surface area contributed by atoms with Crippen LogP contribution < -0.4 is 0 Å². The van der Waals surface area contributed by atoms with Crippen molar-refractivity contribution in [2.24, 2.45) is 0 Å². The van der Waals surface area contributed by atoms with Crippen molar-refractivity contribution in [3.63, 3.8) is 0 Å². The minimum Gasteiger partial charge on any atom is -0.512 e. The highest BCUT2D eigenvalue weighted by Gasteiger charge is 2.28.